The lowest BCUT2D eigenvalue weighted by atomic mass is 9.92. The maximum Gasteiger partial charge on any atom is 0.179 e. The molecular formula is C22H22O2S. The van der Waals surface area contributed by atoms with Crippen LogP contribution in [-0.2, 0) is 9.84 Å². The lowest BCUT2D eigenvalue weighted by Crippen LogP contribution is -2.16. The molecule has 0 fully saturated rings. The quantitative estimate of drug-likeness (QED) is 0.655. The largest absolute Gasteiger partial charge is 0.224 e. The first kappa shape index (κ1) is 17.4. The molecule has 3 rings (SSSR count). The summed E-state index contributed by atoms with van der Waals surface area (Å²) in [5, 5.41) is 0. The SMILES string of the molecule is Cc1ccc([C@H](CS(=O)(=O)c2ccc(C)cc2)c2ccccc2)cc1. The Kier molecular flexibility index (Phi) is 5.05. The second kappa shape index (κ2) is 7.24. The molecule has 0 aliphatic rings. The number of hydrogen-bond donors (Lipinski definition) is 0. The Hall–Kier alpha value is -2.39. The van der Waals surface area contributed by atoms with Gasteiger partial charge in [0.15, 0.2) is 9.84 Å². The molecule has 0 aliphatic heterocycles. The van der Waals surface area contributed by atoms with E-state index in [0.717, 1.165) is 22.3 Å². The third-order valence-corrected chi connectivity index (χ3v) is 6.21. The normalized spacial score (nSPS) is 12.7. The first-order valence-corrected chi connectivity index (χ1v) is 10.0. The Morgan fingerprint density at radius 1 is 0.680 bits per heavy atom. The predicted octanol–water partition coefficient (Wildman–Crippen LogP) is 4.91. The van der Waals surface area contributed by atoms with E-state index in [-0.39, 0.29) is 11.7 Å². The molecule has 0 saturated carbocycles. The molecule has 1 atom stereocenters. The minimum atomic E-state index is -3.38. The first-order chi connectivity index (χ1) is 12.0. The molecule has 0 unspecified atom stereocenters. The van der Waals surface area contributed by atoms with Gasteiger partial charge in [-0.3, -0.25) is 0 Å². The average molecular weight is 350 g/mol. The minimum absolute atomic E-state index is 0.0587. The second-order valence-electron chi connectivity index (χ2n) is 6.47. The lowest BCUT2D eigenvalue weighted by Gasteiger charge is -2.19. The number of benzene rings is 3. The van der Waals surface area contributed by atoms with Crippen LogP contribution in [0.5, 0.6) is 0 Å². The van der Waals surface area contributed by atoms with E-state index in [9.17, 15) is 8.42 Å². The van der Waals surface area contributed by atoms with Gasteiger partial charge in [0.25, 0.3) is 0 Å². The number of rotatable bonds is 5. The minimum Gasteiger partial charge on any atom is -0.224 e. The number of hydrogen-bond acceptors (Lipinski definition) is 2. The van der Waals surface area contributed by atoms with Gasteiger partial charge in [0.05, 0.1) is 10.6 Å². The molecule has 3 heteroatoms. The third kappa shape index (κ3) is 4.18. The topological polar surface area (TPSA) is 34.1 Å². The Labute approximate surface area is 150 Å². The molecule has 3 aromatic rings. The summed E-state index contributed by atoms with van der Waals surface area (Å²) >= 11 is 0. The highest BCUT2D eigenvalue weighted by Crippen LogP contribution is 2.29. The van der Waals surface area contributed by atoms with Gasteiger partial charge in [-0.2, -0.15) is 0 Å². The molecule has 128 valence electrons. The van der Waals surface area contributed by atoms with Crippen molar-refractivity contribution in [3.8, 4) is 0 Å². The summed E-state index contributed by atoms with van der Waals surface area (Å²) in [5.41, 5.74) is 4.25. The number of sulfone groups is 1. The van der Waals surface area contributed by atoms with Gasteiger partial charge in [-0.05, 0) is 37.1 Å². The van der Waals surface area contributed by atoms with E-state index < -0.39 is 9.84 Å². The molecule has 2 nitrogen and oxygen atoms in total. The third-order valence-electron chi connectivity index (χ3n) is 4.45. The molecule has 0 aromatic heterocycles. The molecule has 0 aliphatic carbocycles. The van der Waals surface area contributed by atoms with Gasteiger partial charge in [0.2, 0.25) is 0 Å². The summed E-state index contributed by atoms with van der Waals surface area (Å²) in [6.45, 7) is 3.99. The highest BCUT2D eigenvalue weighted by atomic mass is 32.2. The van der Waals surface area contributed by atoms with Gasteiger partial charge < -0.3 is 0 Å². The molecule has 0 radical (unpaired) electrons. The van der Waals surface area contributed by atoms with Crippen molar-refractivity contribution in [2.75, 3.05) is 5.75 Å². The van der Waals surface area contributed by atoms with E-state index in [0.29, 0.717) is 4.90 Å². The summed E-state index contributed by atoms with van der Waals surface area (Å²) in [6.07, 6.45) is 0. The highest BCUT2D eigenvalue weighted by molar-refractivity contribution is 7.91. The summed E-state index contributed by atoms with van der Waals surface area (Å²) in [7, 11) is -3.38. The molecule has 0 saturated heterocycles. The van der Waals surface area contributed by atoms with Crippen molar-refractivity contribution in [3.63, 3.8) is 0 Å². The van der Waals surface area contributed by atoms with Crippen molar-refractivity contribution < 1.29 is 8.42 Å². The van der Waals surface area contributed by atoms with Gasteiger partial charge in [0.1, 0.15) is 0 Å². The van der Waals surface area contributed by atoms with Crippen LogP contribution in [0.1, 0.15) is 28.2 Å². The monoisotopic (exact) mass is 350 g/mol. The van der Waals surface area contributed by atoms with E-state index in [1.165, 1.54) is 0 Å². The van der Waals surface area contributed by atoms with Gasteiger partial charge in [-0.1, -0.05) is 77.9 Å². The first-order valence-electron chi connectivity index (χ1n) is 8.37. The Bertz CT molecular complexity index is 926. The van der Waals surface area contributed by atoms with E-state index in [2.05, 4.69) is 0 Å². The average Bonchev–Trinajstić information content (AvgIpc) is 2.62. The van der Waals surface area contributed by atoms with Crippen LogP contribution in [0.15, 0.2) is 83.8 Å². The summed E-state index contributed by atoms with van der Waals surface area (Å²) < 4.78 is 25.9. The zero-order valence-electron chi connectivity index (χ0n) is 14.5. The van der Waals surface area contributed by atoms with Gasteiger partial charge >= 0.3 is 0 Å². The fourth-order valence-corrected chi connectivity index (χ4v) is 4.50. The zero-order chi connectivity index (χ0) is 17.9. The molecular weight excluding hydrogens is 328 g/mol. The van der Waals surface area contributed by atoms with Crippen molar-refractivity contribution in [2.24, 2.45) is 0 Å². The molecule has 0 amide bonds. The fraction of sp³-hybridized carbons (Fsp3) is 0.182. The van der Waals surface area contributed by atoms with Crippen LogP contribution in [0.25, 0.3) is 0 Å². The van der Waals surface area contributed by atoms with Crippen LogP contribution >= 0.6 is 0 Å². The van der Waals surface area contributed by atoms with Crippen LogP contribution < -0.4 is 0 Å². The van der Waals surface area contributed by atoms with Crippen molar-refractivity contribution in [1.82, 2.24) is 0 Å². The van der Waals surface area contributed by atoms with E-state index in [1.807, 2.05) is 80.6 Å². The number of aryl methyl sites for hydroxylation is 2. The van der Waals surface area contributed by atoms with Crippen LogP contribution in [-0.4, -0.2) is 14.2 Å². The van der Waals surface area contributed by atoms with Crippen molar-refractivity contribution >= 4 is 9.84 Å². The summed E-state index contributed by atoms with van der Waals surface area (Å²) in [6, 6.07) is 25.0. The van der Waals surface area contributed by atoms with Crippen LogP contribution in [0.3, 0.4) is 0 Å². The molecule has 25 heavy (non-hydrogen) atoms. The summed E-state index contributed by atoms with van der Waals surface area (Å²) in [5.74, 6) is -0.128. The van der Waals surface area contributed by atoms with E-state index in [1.54, 1.807) is 12.1 Å². The van der Waals surface area contributed by atoms with Gasteiger partial charge in [0, 0.05) is 5.92 Å². The fourth-order valence-electron chi connectivity index (χ4n) is 2.93. The van der Waals surface area contributed by atoms with Crippen molar-refractivity contribution in [3.05, 3.63) is 101 Å². The highest BCUT2D eigenvalue weighted by Gasteiger charge is 2.24. The molecule has 0 heterocycles. The molecule has 3 aromatic carbocycles. The molecule has 0 N–H and O–H groups in total. The standard InChI is InChI=1S/C22H22O2S/c1-17-8-12-20(13-9-17)22(19-6-4-3-5-7-19)16-25(23,24)21-14-10-18(2)11-15-21/h3-15,22H,16H2,1-2H3/t22-/m1/s1. The lowest BCUT2D eigenvalue weighted by molar-refractivity contribution is 0.592. The van der Waals surface area contributed by atoms with Crippen LogP contribution in [0, 0.1) is 13.8 Å². The van der Waals surface area contributed by atoms with Crippen molar-refractivity contribution in [1.29, 1.82) is 0 Å². The second-order valence-corrected chi connectivity index (χ2v) is 8.50. The van der Waals surface area contributed by atoms with Crippen LogP contribution in [0.4, 0.5) is 0 Å². The van der Waals surface area contributed by atoms with Gasteiger partial charge in [-0.15, -0.1) is 0 Å². The van der Waals surface area contributed by atoms with Crippen molar-refractivity contribution in [2.45, 2.75) is 24.7 Å². The smallest absolute Gasteiger partial charge is 0.179 e. The Balaban J connectivity index is 2.00. The Morgan fingerprint density at radius 2 is 1.16 bits per heavy atom. The predicted molar refractivity (Wildman–Crippen MR) is 103 cm³/mol. The van der Waals surface area contributed by atoms with E-state index >= 15 is 0 Å². The molecule has 0 spiro atoms. The zero-order valence-corrected chi connectivity index (χ0v) is 15.3. The maximum absolute atomic E-state index is 13.0. The Morgan fingerprint density at radius 3 is 1.72 bits per heavy atom. The molecule has 0 bridgehead atoms. The maximum atomic E-state index is 13.0. The summed E-state index contributed by atoms with van der Waals surface area (Å²) in [4.78, 5) is 0.381. The van der Waals surface area contributed by atoms with E-state index in [4.69, 9.17) is 0 Å². The van der Waals surface area contributed by atoms with Crippen LogP contribution in [0.2, 0.25) is 0 Å². The van der Waals surface area contributed by atoms with Gasteiger partial charge in [-0.25, -0.2) is 8.42 Å².